The minimum absolute atomic E-state index is 0.0569. The fourth-order valence-electron chi connectivity index (χ4n) is 3.17. The summed E-state index contributed by atoms with van der Waals surface area (Å²) in [4.78, 5) is 10.7. The van der Waals surface area contributed by atoms with Gasteiger partial charge >= 0.3 is 0 Å². The maximum absolute atomic E-state index is 12.9. The van der Waals surface area contributed by atoms with Gasteiger partial charge < -0.3 is 15.5 Å². The molecule has 4 rings (SSSR count). The van der Waals surface area contributed by atoms with Crippen LogP contribution in [0.1, 0.15) is 12.8 Å². The molecule has 27 heavy (non-hydrogen) atoms. The molecule has 3 N–H and O–H groups in total. The van der Waals surface area contributed by atoms with Gasteiger partial charge in [0.25, 0.3) is 0 Å². The topological polar surface area (TPSA) is 111 Å². The van der Waals surface area contributed by atoms with E-state index in [4.69, 9.17) is 10.5 Å². The molecule has 0 radical (unpaired) electrons. The van der Waals surface area contributed by atoms with Gasteiger partial charge in [0.2, 0.25) is 21.6 Å². The molecular formula is C17H16F2N4O3S. The summed E-state index contributed by atoms with van der Waals surface area (Å²) in [5.74, 6) is -2.92. The molecule has 0 spiro atoms. The highest BCUT2D eigenvalue weighted by Crippen LogP contribution is 2.42. The van der Waals surface area contributed by atoms with Gasteiger partial charge in [-0.2, -0.15) is 4.98 Å². The summed E-state index contributed by atoms with van der Waals surface area (Å²) < 4.78 is 57.3. The van der Waals surface area contributed by atoms with Crippen molar-refractivity contribution in [3.8, 4) is 5.88 Å². The van der Waals surface area contributed by atoms with Crippen molar-refractivity contribution in [1.82, 2.24) is 15.0 Å². The number of aromatic nitrogens is 3. The van der Waals surface area contributed by atoms with E-state index in [1.807, 2.05) is 0 Å². The van der Waals surface area contributed by atoms with Crippen molar-refractivity contribution in [1.29, 1.82) is 0 Å². The Morgan fingerprint density at radius 2 is 1.93 bits per heavy atom. The van der Waals surface area contributed by atoms with E-state index in [0.717, 1.165) is 6.33 Å². The van der Waals surface area contributed by atoms with Crippen LogP contribution >= 0.6 is 0 Å². The van der Waals surface area contributed by atoms with Crippen LogP contribution in [0.5, 0.6) is 5.88 Å². The Morgan fingerprint density at radius 1 is 1.22 bits per heavy atom. The van der Waals surface area contributed by atoms with E-state index < -0.39 is 15.8 Å². The molecule has 1 saturated carbocycles. The maximum atomic E-state index is 12.9. The number of nitrogens with zero attached hydrogens (tertiary/aromatic N) is 2. The lowest BCUT2D eigenvalue weighted by atomic mass is 9.82. The molecule has 7 nitrogen and oxygen atoms in total. The third-order valence-electron chi connectivity index (χ3n) is 4.48. The summed E-state index contributed by atoms with van der Waals surface area (Å²) in [5.41, 5.74) is 6.23. The zero-order chi connectivity index (χ0) is 19.2. The van der Waals surface area contributed by atoms with E-state index in [-0.39, 0.29) is 57.9 Å². The van der Waals surface area contributed by atoms with E-state index in [1.54, 1.807) is 18.2 Å². The Hall–Kier alpha value is -2.75. The number of nitrogens with two attached hydrogens (primary N) is 1. The second-order valence-electron chi connectivity index (χ2n) is 6.53. The highest BCUT2D eigenvalue weighted by molar-refractivity contribution is 7.92. The first-order chi connectivity index (χ1) is 12.8. The van der Waals surface area contributed by atoms with E-state index in [9.17, 15) is 17.2 Å². The van der Waals surface area contributed by atoms with Gasteiger partial charge in [0.1, 0.15) is 28.1 Å². The quantitative estimate of drug-likeness (QED) is 0.688. The number of hydrogen-bond acceptors (Lipinski definition) is 6. The molecule has 0 atom stereocenters. The molecule has 3 aromatic rings. The molecular weight excluding hydrogens is 378 g/mol. The number of fused-ring (bicyclic) bond motifs is 1. The van der Waals surface area contributed by atoms with Gasteiger partial charge in [-0.05, 0) is 12.1 Å². The largest absolute Gasteiger partial charge is 0.476 e. The number of halogens is 2. The third-order valence-corrected chi connectivity index (χ3v) is 6.33. The molecule has 1 aliphatic rings. The molecule has 0 saturated heterocycles. The van der Waals surface area contributed by atoms with Crippen molar-refractivity contribution in [3.63, 3.8) is 0 Å². The molecule has 2 heterocycles. The second kappa shape index (κ2) is 6.15. The number of sulfone groups is 1. The second-order valence-corrected chi connectivity index (χ2v) is 8.41. The summed E-state index contributed by atoms with van der Waals surface area (Å²) in [6, 6.07) is 7.84. The standard InChI is InChI=1S/C17H16F2N4O3S/c18-17(19)6-10(7-17)8-26-16-13-12(21-9-22-16)14(15(20)23-13)27(24,25)11-4-2-1-3-5-11/h1-5,9-10,23H,6-8,20H2. The number of aromatic amines is 1. The fourth-order valence-corrected chi connectivity index (χ4v) is 4.67. The van der Waals surface area contributed by atoms with E-state index in [0.29, 0.717) is 0 Å². The fraction of sp³-hybridized carbons (Fsp3) is 0.294. The lowest BCUT2D eigenvalue weighted by Gasteiger charge is -2.34. The van der Waals surface area contributed by atoms with Crippen LogP contribution < -0.4 is 10.5 Å². The molecule has 0 amide bonds. The SMILES string of the molecule is Nc1[nH]c2c(OCC3CC(F)(F)C3)ncnc2c1S(=O)(=O)c1ccccc1. The van der Waals surface area contributed by atoms with Crippen LogP contribution in [0, 0.1) is 5.92 Å². The summed E-state index contributed by atoms with van der Waals surface area (Å²) in [6.45, 7) is 0.0569. The van der Waals surface area contributed by atoms with Gasteiger partial charge in [0.15, 0.2) is 0 Å². The molecule has 10 heteroatoms. The van der Waals surface area contributed by atoms with Crippen LogP contribution in [-0.4, -0.2) is 35.9 Å². The normalized spacial score (nSPS) is 17.0. The number of hydrogen-bond donors (Lipinski definition) is 2. The number of alkyl halides is 2. The number of H-pyrrole nitrogens is 1. The van der Waals surface area contributed by atoms with Gasteiger partial charge in [-0.15, -0.1) is 0 Å². The van der Waals surface area contributed by atoms with Crippen molar-refractivity contribution in [2.24, 2.45) is 5.92 Å². The number of nitrogens with one attached hydrogen (secondary N) is 1. The molecule has 1 aliphatic carbocycles. The predicted molar refractivity (Wildman–Crippen MR) is 93.4 cm³/mol. The lowest BCUT2D eigenvalue weighted by Crippen LogP contribution is -2.38. The molecule has 0 unspecified atom stereocenters. The smallest absolute Gasteiger partial charge is 0.248 e. The van der Waals surface area contributed by atoms with E-state index >= 15 is 0 Å². The maximum Gasteiger partial charge on any atom is 0.248 e. The number of rotatable bonds is 5. The van der Waals surface area contributed by atoms with Gasteiger partial charge in [0.05, 0.1) is 11.5 Å². The number of benzene rings is 1. The number of nitrogen functional groups attached to an aromatic ring is 1. The van der Waals surface area contributed by atoms with Gasteiger partial charge in [-0.25, -0.2) is 22.2 Å². The molecule has 0 aliphatic heterocycles. The van der Waals surface area contributed by atoms with Crippen molar-refractivity contribution < 1.29 is 21.9 Å². The summed E-state index contributed by atoms with van der Waals surface area (Å²) >= 11 is 0. The monoisotopic (exact) mass is 394 g/mol. The Bertz CT molecular complexity index is 1090. The highest BCUT2D eigenvalue weighted by atomic mass is 32.2. The zero-order valence-electron chi connectivity index (χ0n) is 14.0. The first-order valence-electron chi connectivity index (χ1n) is 8.21. The first kappa shape index (κ1) is 17.7. The van der Waals surface area contributed by atoms with Crippen LogP contribution in [0.3, 0.4) is 0 Å². The summed E-state index contributed by atoms with van der Waals surface area (Å²) in [6.07, 6.45) is 0.688. The van der Waals surface area contributed by atoms with Crippen molar-refractivity contribution in [2.75, 3.05) is 12.3 Å². The lowest BCUT2D eigenvalue weighted by molar-refractivity contribution is -0.119. The molecule has 0 bridgehead atoms. The number of anilines is 1. The van der Waals surface area contributed by atoms with Crippen LogP contribution in [-0.2, 0) is 9.84 Å². The van der Waals surface area contributed by atoms with Crippen LogP contribution in [0.25, 0.3) is 11.0 Å². The van der Waals surface area contributed by atoms with Crippen LogP contribution in [0.4, 0.5) is 14.6 Å². The Balaban J connectivity index is 1.69. The predicted octanol–water partition coefficient (Wildman–Crippen LogP) is 2.80. The minimum atomic E-state index is -3.91. The van der Waals surface area contributed by atoms with Gasteiger partial charge in [0, 0.05) is 18.8 Å². The van der Waals surface area contributed by atoms with Crippen LogP contribution in [0.15, 0.2) is 46.5 Å². The van der Waals surface area contributed by atoms with Crippen molar-refractivity contribution >= 4 is 26.7 Å². The van der Waals surface area contributed by atoms with E-state index in [2.05, 4.69) is 15.0 Å². The molecule has 142 valence electrons. The Kier molecular flexibility index (Phi) is 4.02. The zero-order valence-corrected chi connectivity index (χ0v) is 14.8. The highest BCUT2D eigenvalue weighted by Gasteiger charge is 2.45. The first-order valence-corrected chi connectivity index (χ1v) is 9.69. The summed E-state index contributed by atoms with van der Waals surface area (Å²) in [7, 11) is -3.91. The summed E-state index contributed by atoms with van der Waals surface area (Å²) in [5, 5.41) is 0. The van der Waals surface area contributed by atoms with Crippen molar-refractivity contribution in [3.05, 3.63) is 36.7 Å². The average molecular weight is 394 g/mol. The Labute approximate surface area is 153 Å². The average Bonchev–Trinajstić information content (AvgIpc) is 2.96. The molecule has 2 aromatic heterocycles. The third kappa shape index (κ3) is 3.09. The minimum Gasteiger partial charge on any atom is -0.476 e. The van der Waals surface area contributed by atoms with Gasteiger partial charge in [-0.3, -0.25) is 0 Å². The van der Waals surface area contributed by atoms with E-state index in [1.165, 1.54) is 12.1 Å². The Morgan fingerprint density at radius 3 is 2.59 bits per heavy atom. The molecule has 1 aromatic carbocycles. The molecule has 1 fully saturated rings. The van der Waals surface area contributed by atoms with Crippen LogP contribution in [0.2, 0.25) is 0 Å². The van der Waals surface area contributed by atoms with Crippen molar-refractivity contribution in [2.45, 2.75) is 28.6 Å². The van der Waals surface area contributed by atoms with Gasteiger partial charge in [-0.1, -0.05) is 18.2 Å². The number of ether oxygens (including phenoxy) is 1.